The summed E-state index contributed by atoms with van der Waals surface area (Å²) in [5, 5.41) is 5.92. The maximum atomic E-state index is 11.7. The molecule has 11 nitrogen and oxygen atoms in total. The number of amides is 2. The van der Waals surface area contributed by atoms with Crippen molar-refractivity contribution in [3.8, 4) is 17.5 Å². The van der Waals surface area contributed by atoms with Crippen LogP contribution in [0, 0.1) is 6.92 Å². The molecule has 12 heteroatoms. The SMILES string of the molecule is Cc1c(Oc2ccc(C=C3SC(=O)NC3=O)cc2)ncnc1OC1CCN(c2nc(C(C)C)no2)CC1. The summed E-state index contributed by atoms with van der Waals surface area (Å²) in [6.45, 7) is 7.41. The summed E-state index contributed by atoms with van der Waals surface area (Å²) in [5.41, 5.74) is 1.47. The van der Waals surface area contributed by atoms with E-state index in [-0.39, 0.29) is 23.2 Å². The highest BCUT2D eigenvalue weighted by atomic mass is 32.2. The molecule has 0 saturated carbocycles. The molecule has 5 rings (SSSR count). The number of ether oxygens (including phenoxy) is 2. The minimum absolute atomic E-state index is 0.00458. The largest absolute Gasteiger partial charge is 0.474 e. The quantitative estimate of drug-likeness (QED) is 0.441. The zero-order valence-electron chi connectivity index (χ0n) is 20.6. The molecule has 2 aliphatic heterocycles. The second kappa shape index (κ2) is 10.6. The van der Waals surface area contributed by atoms with Gasteiger partial charge in [-0.2, -0.15) is 4.98 Å². The Hall–Kier alpha value is -3.93. The predicted molar refractivity (Wildman–Crippen MR) is 137 cm³/mol. The van der Waals surface area contributed by atoms with E-state index >= 15 is 0 Å². The molecule has 2 fully saturated rings. The monoisotopic (exact) mass is 522 g/mol. The molecule has 1 N–H and O–H groups in total. The van der Waals surface area contributed by atoms with Crippen LogP contribution in [0.15, 0.2) is 40.0 Å². The van der Waals surface area contributed by atoms with Gasteiger partial charge in [-0.25, -0.2) is 9.97 Å². The number of hydrogen-bond acceptors (Lipinski definition) is 11. The van der Waals surface area contributed by atoms with E-state index in [1.807, 2.05) is 20.8 Å². The van der Waals surface area contributed by atoms with Crippen molar-refractivity contribution >= 4 is 35.0 Å². The minimum atomic E-state index is -0.389. The fourth-order valence-corrected chi connectivity index (χ4v) is 4.55. The van der Waals surface area contributed by atoms with Crippen molar-refractivity contribution in [3.05, 3.63) is 52.4 Å². The summed E-state index contributed by atoms with van der Waals surface area (Å²) in [5.74, 6) is 2.00. The van der Waals surface area contributed by atoms with E-state index in [1.165, 1.54) is 6.33 Å². The van der Waals surface area contributed by atoms with Crippen molar-refractivity contribution in [1.29, 1.82) is 0 Å². The summed E-state index contributed by atoms with van der Waals surface area (Å²) >= 11 is 0.880. The molecule has 0 bridgehead atoms. The van der Waals surface area contributed by atoms with Gasteiger partial charge in [0.25, 0.3) is 11.1 Å². The van der Waals surface area contributed by atoms with E-state index in [0.29, 0.717) is 39.8 Å². The molecule has 0 aliphatic carbocycles. The summed E-state index contributed by atoms with van der Waals surface area (Å²) < 4.78 is 17.6. The lowest BCUT2D eigenvalue weighted by atomic mass is 10.1. The lowest BCUT2D eigenvalue weighted by Crippen LogP contribution is -2.38. The highest BCUT2D eigenvalue weighted by Gasteiger charge is 2.26. The topological polar surface area (TPSA) is 133 Å². The van der Waals surface area contributed by atoms with Gasteiger partial charge in [-0.15, -0.1) is 0 Å². The van der Waals surface area contributed by atoms with Crippen LogP contribution in [-0.2, 0) is 4.79 Å². The number of nitrogens with one attached hydrogen (secondary N) is 1. The second-order valence-corrected chi connectivity index (χ2v) is 10.0. The molecule has 2 saturated heterocycles. The molecule has 37 heavy (non-hydrogen) atoms. The molecular formula is C25H26N6O5S. The maximum absolute atomic E-state index is 11.7. The van der Waals surface area contributed by atoms with Gasteiger partial charge in [0.2, 0.25) is 11.8 Å². The Morgan fingerprint density at radius 1 is 1.14 bits per heavy atom. The number of carbonyl (C=O) groups is 2. The number of aromatic nitrogens is 4. The molecule has 1 aromatic carbocycles. The van der Waals surface area contributed by atoms with Crippen LogP contribution in [0.3, 0.4) is 0 Å². The molecule has 4 heterocycles. The summed E-state index contributed by atoms with van der Waals surface area (Å²) in [7, 11) is 0. The second-order valence-electron chi connectivity index (χ2n) is 9.03. The minimum Gasteiger partial charge on any atom is -0.474 e. The fraction of sp³-hybridized carbons (Fsp3) is 0.360. The first-order valence-corrected chi connectivity index (χ1v) is 12.8. The van der Waals surface area contributed by atoms with Gasteiger partial charge in [0.05, 0.1) is 10.5 Å². The van der Waals surface area contributed by atoms with Crippen LogP contribution < -0.4 is 19.7 Å². The van der Waals surface area contributed by atoms with Gasteiger partial charge in [-0.3, -0.25) is 14.9 Å². The van der Waals surface area contributed by atoms with Gasteiger partial charge in [-0.05, 0) is 42.5 Å². The number of rotatable bonds is 7. The zero-order chi connectivity index (χ0) is 25.9. The maximum Gasteiger partial charge on any atom is 0.324 e. The van der Waals surface area contributed by atoms with Crippen molar-refractivity contribution in [2.75, 3.05) is 18.0 Å². The Morgan fingerprint density at radius 3 is 2.51 bits per heavy atom. The van der Waals surface area contributed by atoms with Gasteiger partial charge < -0.3 is 18.9 Å². The van der Waals surface area contributed by atoms with Gasteiger partial charge in [-0.1, -0.05) is 31.1 Å². The predicted octanol–water partition coefficient (Wildman–Crippen LogP) is 4.46. The number of anilines is 1. The lowest BCUT2D eigenvalue weighted by Gasteiger charge is -2.30. The Bertz CT molecular complexity index is 1330. The van der Waals surface area contributed by atoms with E-state index in [0.717, 1.165) is 43.3 Å². The Morgan fingerprint density at radius 2 is 1.86 bits per heavy atom. The Labute approximate surface area is 217 Å². The van der Waals surface area contributed by atoms with E-state index < -0.39 is 0 Å². The first kappa shape index (κ1) is 24.8. The van der Waals surface area contributed by atoms with Crippen molar-refractivity contribution < 1.29 is 23.6 Å². The number of piperidine rings is 1. The molecule has 0 atom stereocenters. The summed E-state index contributed by atoms with van der Waals surface area (Å²) in [6, 6.07) is 7.69. The van der Waals surface area contributed by atoms with Crippen LogP contribution in [0.1, 0.15) is 49.6 Å². The van der Waals surface area contributed by atoms with Crippen LogP contribution in [0.5, 0.6) is 17.5 Å². The van der Waals surface area contributed by atoms with Crippen LogP contribution in [0.2, 0.25) is 0 Å². The average molecular weight is 523 g/mol. The van der Waals surface area contributed by atoms with Crippen molar-refractivity contribution in [2.24, 2.45) is 0 Å². The highest BCUT2D eigenvalue weighted by molar-refractivity contribution is 8.18. The zero-order valence-corrected chi connectivity index (χ0v) is 21.4. The molecule has 0 spiro atoms. The summed E-state index contributed by atoms with van der Waals surface area (Å²) in [4.78, 5) is 38.6. The normalized spacial score (nSPS) is 17.5. The van der Waals surface area contributed by atoms with Crippen LogP contribution >= 0.6 is 11.8 Å². The van der Waals surface area contributed by atoms with E-state index in [2.05, 4.69) is 30.3 Å². The molecule has 2 aliphatic rings. The molecule has 3 aromatic rings. The highest BCUT2D eigenvalue weighted by Crippen LogP contribution is 2.31. The number of nitrogens with zero attached hydrogens (tertiary/aromatic N) is 5. The molecule has 0 radical (unpaired) electrons. The third-order valence-electron chi connectivity index (χ3n) is 5.96. The third-order valence-corrected chi connectivity index (χ3v) is 6.77. The van der Waals surface area contributed by atoms with Crippen molar-refractivity contribution in [1.82, 2.24) is 25.4 Å². The first-order valence-electron chi connectivity index (χ1n) is 12.0. The first-order chi connectivity index (χ1) is 17.9. The molecular weight excluding hydrogens is 496 g/mol. The van der Waals surface area contributed by atoms with Crippen molar-refractivity contribution in [2.45, 2.75) is 45.6 Å². The van der Waals surface area contributed by atoms with Gasteiger partial charge in [0.15, 0.2) is 5.82 Å². The van der Waals surface area contributed by atoms with Crippen molar-refractivity contribution in [3.63, 3.8) is 0 Å². The molecule has 0 unspecified atom stereocenters. The number of carbonyl (C=O) groups excluding carboxylic acids is 2. The van der Waals surface area contributed by atoms with Gasteiger partial charge >= 0.3 is 6.01 Å². The Kier molecular flexibility index (Phi) is 7.08. The number of thioether (sulfide) groups is 1. The average Bonchev–Trinajstić information content (AvgIpc) is 3.50. The van der Waals surface area contributed by atoms with E-state index in [4.69, 9.17) is 14.0 Å². The van der Waals surface area contributed by atoms with E-state index in [1.54, 1.807) is 30.3 Å². The van der Waals surface area contributed by atoms with Crippen LogP contribution in [0.25, 0.3) is 6.08 Å². The standard InChI is InChI=1S/C25H26N6O5S/c1-14(2)20-28-24(36-30-20)31-10-8-18(9-11-31)35-23-15(3)22(26-13-27-23)34-17-6-4-16(5-7-17)12-19-21(32)29-25(33)37-19/h4-7,12-14,18H,8-11H2,1-3H3,(H,29,32,33). The third kappa shape index (κ3) is 5.74. The van der Waals surface area contributed by atoms with Gasteiger partial charge in [0.1, 0.15) is 18.2 Å². The lowest BCUT2D eigenvalue weighted by molar-refractivity contribution is -0.115. The Balaban J connectivity index is 1.19. The number of benzene rings is 1. The van der Waals surface area contributed by atoms with Crippen LogP contribution in [0.4, 0.5) is 10.8 Å². The fourth-order valence-electron chi connectivity index (χ4n) is 3.87. The number of imide groups is 1. The van der Waals surface area contributed by atoms with Gasteiger partial charge in [0, 0.05) is 31.8 Å². The van der Waals surface area contributed by atoms with Crippen LogP contribution in [-0.4, -0.2) is 50.4 Å². The molecule has 2 amide bonds. The summed E-state index contributed by atoms with van der Waals surface area (Å²) in [6.07, 6.45) is 4.65. The molecule has 192 valence electrons. The number of hydrogen-bond donors (Lipinski definition) is 1. The van der Waals surface area contributed by atoms with E-state index in [9.17, 15) is 9.59 Å². The molecule has 2 aromatic heterocycles. The smallest absolute Gasteiger partial charge is 0.324 e.